The summed E-state index contributed by atoms with van der Waals surface area (Å²) in [5.74, 6) is 0. The van der Waals surface area contributed by atoms with Crippen molar-refractivity contribution in [3.8, 4) is 0 Å². The zero-order chi connectivity index (χ0) is 10.2. The number of aliphatic hydroxyl groups is 1. The third-order valence-corrected chi connectivity index (χ3v) is 2.60. The second-order valence-electron chi connectivity index (χ2n) is 4.02. The molecule has 0 amide bonds. The molecule has 13 heavy (non-hydrogen) atoms. The first-order valence-electron chi connectivity index (χ1n) is 5.54. The Labute approximate surface area is 82.7 Å². The Kier molecular flexibility index (Phi) is 7.29. The lowest BCUT2D eigenvalue weighted by atomic mass is 9.91. The minimum atomic E-state index is 0.151. The number of nitrogens with one attached hydrogen (secondary N) is 1. The molecule has 0 aliphatic rings. The first-order chi connectivity index (χ1) is 6.18. The van der Waals surface area contributed by atoms with Crippen LogP contribution < -0.4 is 5.32 Å². The Morgan fingerprint density at radius 1 is 1.15 bits per heavy atom. The van der Waals surface area contributed by atoms with E-state index < -0.39 is 0 Å². The van der Waals surface area contributed by atoms with Gasteiger partial charge >= 0.3 is 0 Å². The zero-order valence-corrected chi connectivity index (χ0v) is 9.40. The Morgan fingerprint density at radius 3 is 2.31 bits per heavy atom. The van der Waals surface area contributed by atoms with Gasteiger partial charge in [0.25, 0.3) is 0 Å². The van der Waals surface area contributed by atoms with Gasteiger partial charge in [-0.2, -0.15) is 0 Å². The van der Waals surface area contributed by atoms with Gasteiger partial charge in [0, 0.05) is 12.1 Å². The lowest BCUT2D eigenvalue weighted by Crippen LogP contribution is -2.42. The van der Waals surface area contributed by atoms with Crippen LogP contribution in [0.25, 0.3) is 0 Å². The normalized spacial score (nSPS) is 15.7. The predicted molar refractivity (Wildman–Crippen MR) is 57.9 cm³/mol. The van der Waals surface area contributed by atoms with Gasteiger partial charge in [-0.1, -0.05) is 33.1 Å². The number of unbranched alkanes of at least 4 members (excludes halogenated alkanes) is 2. The Bertz CT molecular complexity index is 109. The second-order valence-corrected chi connectivity index (χ2v) is 4.02. The fraction of sp³-hybridized carbons (Fsp3) is 1.00. The highest BCUT2D eigenvalue weighted by molar-refractivity contribution is 4.81. The highest BCUT2D eigenvalue weighted by Gasteiger charge is 2.20. The fourth-order valence-corrected chi connectivity index (χ4v) is 1.74. The molecule has 0 fully saturated rings. The number of hydrogen-bond donors (Lipinski definition) is 2. The minimum absolute atomic E-state index is 0.151. The van der Waals surface area contributed by atoms with Crippen molar-refractivity contribution in [2.75, 3.05) is 13.2 Å². The summed E-state index contributed by atoms with van der Waals surface area (Å²) in [6, 6.07) is 0. The maximum Gasteiger partial charge on any atom is 0.0448 e. The van der Waals surface area contributed by atoms with E-state index in [4.69, 9.17) is 5.11 Å². The summed E-state index contributed by atoms with van der Waals surface area (Å²) < 4.78 is 0. The summed E-state index contributed by atoms with van der Waals surface area (Å²) in [5, 5.41) is 12.4. The molecule has 2 nitrogen and oxygen atoms in total. The molecular formula is C11H25NO. The van der Waals surface area contributed by atoms with Crippen LogP contribution in [0.1, 0.15) is 52.9 Å². The summed E-state index contributed by atoms with van der Waals surface area (Å²) >= 11 is 0. The van der Waals surface area contributed by atoms with Crippen LogP contribution in [0.4, 0.5) is 0 Å². The lowest BCUT2D eigenvalue weighted by molar-refractivity contribution is 0.210. The smallest absolute Gasteiger partial charge is 0.0448 e. The minimum Gasteiger partial charge on any atom is -0.396 e. The quantitative estimate of drug-likeness (QED) is 0.572. The summed E-state index contributed by atoms with van der Waals surface area (Å²) in [4.78, 5) is 0. The topological polar surface area (TPSA) is 32.3 Å². The van der Waals surface area contributed by atoms with Gasteiger partial charge < -0.3 is 10.4 Å². The highest BCUT2D eigenvalue weighted by atomic mass is 16.3. The molecular weight excluding hydrogens is 162 g/mol. The van der Waals surface area contributed by atoms with Gasteiger partial charge in [-0.15, -0.1) is 0 Å². The molecule has 0 bridgehead atoms. The number of aliphatic hydroxyl groups excluding tert-OH is 1. The van der Waals surface area contributed by atoms with Gasteiger partial charge in [0.05, 0.1) is 0 Å². The standard InChI is InChI=1S/C11H25NO/c1-4-6-7-8-11(3,9-10-13)12-5-2/h12-13H,4-10H2,1-3H3. The monoisotopic (exact) mass is 187 g/mol. The molecule has 2 heteroatoms. The van der Waals surface area contributed by atoms with E-state index in [-0.39, 0.29) is 12.1 Å². The molecule has 0 aromatic carbocycles. The molecule has 0 radical (unpaired) electrons. The molecule has 2 N–H and O–H groups in total. The van der Waals surface area contributed by atoms with Crippen molar-refractivity contribution < 1.29 is 5.11 Å². The second kappa shape index (κ2) is 7.34. The molecule has 80 valence electrons. The van der Waals surface area contributed by atoms with E-state index in [0.29, 0.717) is 0 Å². The van der Waals surface area contributed by atoms with E-state index in [1.165, 1.54) is 25.7 Å². The van der Waals surface area contributed by atoms with Crippen molar-refractivity contribution in [3.63, 3.8) is 0 Å². The van der Waals surface area contributed by atoms with Crippen LogP contribution in [0.2, 0.25) is 0 Å². The molecule has 0 aliphatic carbocycles. The molecule has 0 aromatic heterocycles. The van der Waals surface area contributed by atoms with Crippen LogP contribution in [-0.4, -0.2) is 23.8 Å². The SMILES string of the molecule is CCCCCC(C)(CCO)NCC. The van der Waals surface area contributed by atoms with Gasteiger partial charge in [0.2, 0.25) is 0 Å². The number of rotatable bonds is 8. The van der Waals surface area contributed by atoms with Crippen LogP contribution >= 0.6 is 0 Å². The molecule has 1 atom stereocenters. The molecule has 0 saturated carbocycles. The van der Waals surface area contributed by atoms with Gasteiger partial charge in [-0.3, -0.25) is 0 Å². The maximum atomic E-state index is 8.95. The fourth-order valence-electron chi connectivity index (χ4n) is 1.74. The third-order valence-electron chi connectivity index (χ3n) is 2.60. The molecule has 0 saturated heterocycles. The molecule has 0 rings (SSSR count). The Hall–Kier alpha value is -0.0800. The Morgan fingerprint density at radius 2 is 1.85 bits per heavy atom. The van der Waals surface area contributed by atoms with E-state index in [9.17, 15) is 0 Å². The van der Waals surface area contributed by atoms with Crippen LogP contribution in [-0.2, 0) is 0 Å². The van der Waals surface area contributed by atoms with Gasteiger partial charge in [0.15, 0.2) is 0 Å². The van der Waals surface area contributed by atoms with Crippen molar-refractivity contribution in [2.45, 2.75) is 58.4 Å². The molecule has 0 spiro atoms. The van der Waals surface area contributed by atoms with Gasteiger partial charge in [-0.05, 0) is 26.3 Å². The van der Waals surface area contributed by atoms with Crippen molar-refractivity contribution in [1.82, 2.24) is 5.32 Å². The average molecular weight is 187 g/mol. The molecule has 0 heterocycles. The van der Waals surface area contributed by atoms with Crippen LogP contribution in [0.15, 0.2) is 0 Å². The van der Waals surface area contributed by atoms with Crippen LogP contribution in [0, 0.1) is 0 Å². The van der Waals surface area contributed by atoms with E-state index in [2.05, 4.69) is 26.1 Å². The van der Waals surface area contributed by atoms with E-state index in [0.717, 1.165) is 13.0 Å². The summed E-state index contributed by atoms with van der Waals surface area (Å²) in [7, 11) is 0. The zero-order valence-electron chi connectivity index (χ0n) is 9.40. The summed E-state index contributed by atoms with van der Waals surface area (Å²) in [6.07, 6.45) is 5.87. The predicted octanol–water partition coefficient (Wildman–Crippen LogP) is 2.32. The van der Waals surface area contributed by atoms with E-state index in [1.807, 2.05) is 0 Å². The van der Waals surface area contributed by atoms with E-state index in [1.54, 1.807) is 0 Å². The summed E-state index contributed by atoms with van der Waals surface area (Å²) in [6.45, 7) is 7.83. The maximum absolute atomic E-state index is 8.95. The molecule has 0 aliphatic heterocycles. The average Bonchev–Trinajstić information content (AvgIpc) is 2.05. The first kappa shape index (κ1) is 12.9. The lowest BCUT2D eigenvalue weighted by Gasteiger charge is -2.30. The molecule has 0 aromatic rings. The Balaban J connectivity index is 3.76. The molecule has 1 unspecified atom stereocenters. The van der Waals surface area contributed by atoms with Crippen molar-refractivity contribution >= 4 is 0 Å². The highest BCUT2D eigenvalue weighted by Crippen LogP contribution is 2.18. The van der Waals surface area contributed by atoms with Crippen molar-refractivity contribution in [1.29, 1.82) is 0 Å². The van der Waals surface area contributed by atoms with E-state index >= 15 is 0 Å². The van der Waals surface area contributed by atoms with Gasteiger partial charge in [-0.25, -0.2) is 0 Å². The van der Waals surface area contributed by atoms with Crippen molar-refractivity contribution in [2.24, 2.45) is 0 Å². The van der Waals surface area contributed by atoms with Crippen LogP contribution in [0.5, 0.6) is 0 Å². The number of hydrogen-bond acceptors (Lipinski definition) is 2. The summed E-state index contributed by atoms with van der Waals surface area (Å²) in [5.41, 5.74) is 0.151. The largest absolute Gasteiger partial charge is 0.396 e. The first-order valence-corrected chi connectivity index (χ1v) is 5.54. The van der Waals surface area contributed by atoms with Gasteiger partial charge in [0.1, 0.15) is 0 Å². The van der Waals surface area contributed by atoms with Crippen molar-refractivity contribution in [3.05, 3.63) is 0 Å². The van der Waals surface area contributed by atoms with Crippen LogP contribution in [0.3, 0.4) is 0 Å². The third kappa shape index (κ3) is 6.05.